The summed E-state index contributed by atoms with van der Waals surface area (Å²) in [6, 6.07) is 0. The molecular formula is C17H34O2. The van der Waals surface area contributed by atoms with Crippen LogP contribution in [0.1, 0.15) is 78.1 Å². The van der Waals surface area contributed by atoms with Crippen LogP contribution in [0.2, 0.25) is 0 Å². The third-order valence-electron chi connectivity index (χ3n) is 4.22. The molecule has 0 aromatic rings. The van der Waals surface area contributed by atoms with Gasteiger partial charge in [-0.25, -0.2) is 0 Å². The highest BCUT2D eigenvalue weighted by Gasteiger charge is 2.24. The molecule has 0 N–H and O–H groups in total. The van der Waals surface area contributed by atoms with Gasteiger partial charge in [-0.3, -0.25) is 0 Å². The summed E-state index contributed by atoms with van der Waals surface area (Å²) in [7, 11) is 0. The molecule has 114 valence electrons. The molecule has 1 saturated heterocycles. The Morgan fingerprint density at radius 2 is 1.47 bits per heavy atom. The number of hydrogen-bond acceptors (Lipinski definition) is 2. The molecule has 0 radical (unpaired) electrons. The van der Waals surface area contributed by atoms with Crippen LogP contribution in [0.3, 0.4) is 0 Å². The lowest BCUT2D eigenvalue weighted by molar-refractivity contribution is -0.113. The van der Waals surface area contributed by atoms with Crippen LogP contribution in [0.25, 0.3) is 0 Å². The van der Waals surface area contributed by atoms with Gasteiger partial charge in [0.15, 0.2) is 0 Å². The molecule has 1 heterocycles. The summed E-state index contributed by atoms with van der Waals surface area (Å²) in [6.45, 7) is 6.97. The Morgan fingerprint density at radius 3 is 1.95 bits per heavy atom. The van der Waals surface area contributed by atoms with Crippen molar-refractivity contribution >= 4 is 0 Å². The van der Waals surface area contributed by atoms with Crippen LogP contribution in [-0.4, -0.2) is 25.9 Å². The van der Waals surface area contributed by atoms with Gasteiger partial charge in [-0.1, -0.05) is 65.2 Å². The first-order valence-electron chi connectivity index (χ1n) is 8.57. The van der Waals surface area contributed by atoms with Crippen LogP contribution in [0.15, 0.2) is 0 Å². The van der Waals surface area contributed by atoms with E-state index in [0.29, 0.717) is 6.10 Å². The smallest absolute Gasteiger partial charge is 0.0837 e. The molecule has 0 saturated carbocycles. The van der Waals surface area contributed by atoms with Gasteiger partial charge in [0, 0.05) is 0 Å². The van der Waals surface area contributed by atoms with Gasteiger partial charge in [0.25, 0.3) is 0 Å². The highest BCUT2D eigenvalue weighted by molar-refractivity contribution is 4.73. The van der Waals surface area contributed by atoms with Crippen molar-refractivity contribution < 1.29 is 9.47 Å². The summed E-state index contributed by atoms with van der Waals surface area (Å²) >= 11 is 0. The van der Waals surface area contributed by atoms with Crippen molar-refractivity contribution in [3.05, 3.63) is 0 Å². The van der Waals surface area contributed by atoms with E-state index in [4.69, 9.17) is 9.47 Å². The van der Waals surface area contributed by atoms with Crippen LogP contribution in [0.4, 0.5) is 0 Å². The molecule has 0 aromatic carbocycles. The van der Waals surface area contributed by atoms with Crippen LogP contribution < -0.4 is 0 Å². The molecule has 0 amide bonds. The summed E-state index contributed by atoms with van der Waals surface area (Å²) in [6.07, 6.45) is 13.9. The van der Waals surface area contributed by atoms with E-state index in [1.165, 1.54) is 64.2 Å². The van der Waals surface area contributed by atoms with Gasteiger partial charge in [-0.15, -0.1) is 0 Å². The summed E-state index contributed by atoms with van der Waals surface area (Å²) in [5.41, 5.74) is 0. The second-order valence-corrected chi connectivity index (χ2v) is 5.94. The van der Waals surface area contributed by atoms with Crippen molar-refractivity contribution in [2.24, 2.45) is 5.92 Å². The maximum atomic E-state index is 5.93. The molecule has 1 rings (SSSR count). The fourth-order valence-electron chi connectivity index (χ4n) is 2.96. The lowest BCUT2D eigenvalue weighted by Crippen LogP contribution is -2.35. The molecule has 2 nitrogen and oxygen atoms in total. The third-order valence-corrected chi connectivity index (χ3v) is 4.22. The van der Waals surface area contributed by atoms with Crippen molar-refractivity contribution in [3.63, 3.8) is 0 Å². The monoisotopic (exact) mass is 270 g/mol. The Morgan fingerprint density at radius 1 is 0.842 bits per heavy atom. The Balaban J connectivity index is 2.24. The van der Waals surface area contributed by atoms with Crippen molar-refractivity contribution in [3.8, 4) is 0 Å². The first kappa shape index (κ1) is 17.0. The Bertz CT molecular complexity index is 176. The van der Waals surface area contributed by atoms with E-state index in [-0.39, 0.29) is 0 Å². The SMILES string of the molecule is CCCCCCC(CCCCCC)C1COCCO1. The summed E-state index contributed by atoms with van der Waals surface area (Å²) in [5.74, 6) is 0.731. The highest BCUT2D eigenvalue weighted by atomic mass is 16.6. The molecule has 0 bridgehead atoms. The van der Waals surface area contributed by atoms with E-state index < -0.39 is 0 Å². The molecule has 19 heavy (non-hydrogen) atoms. The number of unbranched alkanes of at least 4 members (excludes halogenated alkanes) is 6. The standard InChI is InChI=1S/C17H34O2/c1-3-5-7-9-11-16(12-10-8-6-4-2)17-15-18-13-14-19-17/h16-17H,3-15H2,1-2H3. The second-order valence-electron chi connectivity index (χ2n) is 5.94. The third kappa shape index (κ3) is 7.94. The summed E-state index contributed by atoms with van der Waals surface area (Å²) in [5, 5.41) is 0. The maximum absolute atomic E-state index is 5.93. The summed E-state index contributed by atoms with van der Waals surface area (Å²) in [4.78, 5) is 0. The first-order valence-corrected chi connectivity index (χ1v) is 8.57. The molecule has 0 aromatic heterocycles. The average molecular weight is 270 g/mol. The van der Waals surface area contributed by atoms with Gasteiger partial charge in [-0.2, -0.15) is 0 Å². The van der Waals surface area contributed by atoms with E-state index in [1.807, 2.05) is 0 Å². The van der Waals surface area contributed by atoms with E-state index in [0.717, 1.165) is 25.7 Å². The Kier molecular flexibility index (Phi) is 10.5. The zero-order chi connectivity index (χ0) is 13.8. The average Bonchev–Trinajstić information content (AvgIpc) is 2.46. The second kappa shape index (κ2) is 11.7. The molecule has 1 fully saturated rings. The molecule has 1 aliphatic heterocycles. The molecule has 0 aliphatic carbocycles. The molecule has 1 unspecified atom stereocenters. The molecule has 0 spiro atoms. The van der Waals surface area contributed by atoms with E-state index in [9.17, 15) is 0 Å². The topological polar surface area (TPSA) is 18.5 Å². The van der Waals surface area contributed by atoms with Crippen molar-refractivity contribution in [1.82, 2.24) is 0 Å². The lowest BCUT2D eigenvalue weighted by atomic mass is 9.89. The van der Waals surface area contributed by atoms with Crippen LogP contribution >= 0.6 is 0 Å². The quantitative estimate of drug-likeness (QED) is 0.494. The lowest BCUT2D eigenvalue weighted by Gasteiger charge is -2.30. The fourth-order valence-corrected chi connectivity index (χ4v) is 2.96. The highest BCUT2D eigenvalue weighted by Crippen LogP contribution is 2.25. The molecule has 1 aliphatic rings. The number of ether oxygens (including phenoxy) is 2. The van der Waals surface area contributed by atoms with Crippen LogP contribution in [0, 0.1) is 5.92 Å². The van der Waals surface area contributed by atoms with E-state index in [2.05, 4.69) is 13.8 Å². The molecule has 2 heteroatoms. The minimum atomic E-state index is 0.372. The number of rotatable bonds is 11. The largest absolute Gasteiger partial charge is 0.376 e. The number of hydrogen-bond donors (Lipinski definition) is 0. The summed E-state index contributed by atoms with van der Waals surface area (Å²) < 4.78 is 11.5. The van der Waals surface area contributed by atoms with Crippen LogP contribution in [-0.2, 0) is 9.47 Å². The molecular weight excluding hydrogens is 236 g/mol. The Hall–Kier alpha value is -0.0800. The van der Waals surface area contributed by atoms with Crippen molar-refractivity contribution in [1.29, 1.82) is 0 Å². The van der Waals surface area contributed by atoms with E-state index in [1.54, 1.807) is 0 Å². The van der Waals surface area contributed by atoms with Gasteiger partial charge in [0.05, 0.1) is 25.9 Å². The first-order chi connectivity index (χ1) is 9.38. The van der Waals surface area contributed by atoms with Gasteiger partial charge >= 0.3 is 0 Å². The van der Waals surface area contributed by atoms with Gasteiger partial charge in [-0.05, 0) is 18.8 Å². The van der Waals surface area contributed by atoms with Crippen molar-refractivity contribution in [2.75, 3.05) is 19.8 Å². The van der Waals surface area contributed by atoms with Gasteiger partial charge < -0.3 is 9.47 Å². The van der Waals surface area contributed by atoms with E-state index >= 15 is 0 Å². The predicted octanol–water partition coefficient (Wildman–Crippen LogP) is 4.96. The normalized spacial score (nSPS) is 20.1. The zero-order valence-corrected chi connectivity index (χ0v) is 13.2. The van der Waals surface area contributed by atoms with Gasteiger partial charge in [0.1, 0.15) is 0 Å². The Labute approximate surface area is 120 Å². The zero-order valence-electron chi connectivity index (χ0n) is 13.2. The minimum Gasteiger partial charge on any atom is -0.376 e. The van der Waals surface area contributed by atoms with Gasteiger partial charge in [0.2, 0.25) is 0 Å². The maximum Gasteiger partial charge on any atom is 0.0837 e. The molecule has 1 atom stereocenters. The minimum absolute atomic E-state index is 0.372. The predicted molar refractivity (Wildman–Crippen MR) is 81.6 cm³/mol. The van der Waals surface area contributed by atoms with Crippen LogP contribution in [0.5, 0.6) is 0 Å². The fraction of sp³-hybridized carbons (Fsp3) is 1.00. The van der Waals surface area contributed by atoms with Crippen molar-refractivity contribution in [2.45, 2.75) is 84.2 Å².